The zero-order valence-electron chi connectivity index (χ0n) is 14.9. The van der Waals surface area contributed by atoms with Gasteiger partial charge in [-0.15, -0.1) is 0 Å². The molecule has 6 heteroatoms. The van der Waals surface area contributed by atoms with E-state index >= 15 is 0 Å². The first-order valence-corrected chi connectivity index (χ1v) is 9.06. The number of carbonyl (C=O) groups is 3. The minimum absolute atomic E-state index is 0.0799. The number of hydrogen-bond donors (Lipinski definition) is 2. The number of carbonyl (C=O) groups excluding carboxylic acids is 3. The third-order valence-corrected chi connectivity index (χ3v) is 4.58. The van der Waals surface area contributed by atoms with Crippen molar-refractivity contribution in [3.8, 4) is 0 Å². The molecular weight excluding hydrogens is 396 g/mol. The Labute approximate surface area is 161 Å². The van der Waals surface area contributed by atoms with E-state index in [9.17, 15) is 14.4 Å². The Balaban J connectivity index is 2.15. The van der Waals surface area contributed by atoms with E-state index in [1.165, 1.54) is 6.92 Å². The summed E-state index contributed by atoms with van der Waals surface area (Å²) >= 11 is 3.34. The van der Waals surface area contributed by atoms with Crippen LogP contribution in [0, 0.1) is 5.92 Å². The molecule has 0 aliphatic carbocycles. The van der Waals surface area contributed by atoms with Crippen LogP contribution >= 0.6 is 15.9 Å². The lowest BCUT2D eigenvalue weighted by atomic mass is 10.0. The van der Waals surface area contributed by atoms with E-state index in [-0.39, 0.29) is 23.5 Å². The Bertz CT molecular complexity index is 833. The van der Waals surface area contributed by atoms with Crippen molar-refractivity contribution in [3.05, 3.63) is 64.1 Å². The highest BCUT2D eigenvalue weighted by atomic mass is 79.9. The van der Waals surface area contributed by atoms with Crippen molar-refractivity contribution in [2.45, 2.75) is 26.8 Å². The number of anilines is 1. The lowest BCUT2D eigenvalue weighted by Crippen LogP contribution is -2.47. The molecule has 0 aliphatic rings. The van der Waals surface area contributed by atoms with Crippen molar-refractivity contribution < 1.29 is 14.4 Å². The summed E-state index contributed by atoms with van der Waals surface area (Å²) in [5.74, 6) is -0.855. The van der Waals surface area contributed by atoms with Crippen LogP contribution in [0.4, 0.5) is 5.69 Å². The smallest absolute Gasteiger partial charge is 0.253 e. The van der Waals surface area contributed by atoms with Crippen LogP contribution in [0.25, 0.3) is 0 Å². The molecule has 0 aromatic heterocycles. The minimum atomic E-state index is -0.712. The number of rotatable bonds is 6. The predicted molar refractivity (Wildman–Crippen MR) is 105 cm³/mol. The first-order valence-electron chi connectivity index (χ1n) is 8.27. The normalized spacial score (nSPS) is 11.7. The monoisotopic (exact) mass is 416 g/mol. The molecule has 2 N–H and O–H groups in total. The number of Topliss-reactive ketones (excluding diaryl/α,β-unsaturated/α-hetero) is 1. The molecule has 5 nitrogen and oxygen atoms in total. The fraction of sp³-hybridized carbons (Fsp3) is 0.250. The van der Waals surface area contributed by atoms with E-state index in [1.807, 2.05) is 19.9 Å². The first-order chi connectivity index (χ1) is 12.3. The summed E-state index contributed by atoms with van der Waals surface area (Å²) < 4.78 is 0.662. The van der Waals surface area contributed by atoms with Crippen molar-refractivity contribution in [2.75, 3.05) is 5.32 Å². The molecule has 2 amide bonds. The van der Waals surface area contributed by atoms with Gasteiger partial charge in [-0.2, -0.15) is 0 Å². The molecule has 0 fully saturated rings. The summed E-state index contributed by atoms with van der Waals surface area (Å²) in [5.41, 5.74) is 1.49. The van der Waals surface area contributed by atoms with Gasteiger partial charge in [0.05, 0.1) is 5.56 Å². The van der Waals surface area contributed by atoms with Gasteiger partial charge in [-0.1, -0.05) is 38.1 Å². The zero-order chi connectivity index (χ0) is 19.3. The second-order valence-electron chi connectivity index (χ2n) is 6.30. The largest absolute Gasteiger partial charge is 0.340 e. The average Bonchev–Trinajstić information content (AvgIpc) is 2.59. The summed E-state index contributed by atoms with van der Waals surface area (Å²) in [4.78, 5) is 36.7. The second kappa shape index (κ2) is 8.76. The van der Waals surface area contributed by atoms with Crippen molar-refractivity contribution >= 4 is 39.2 Å². The summed E-state index contributed by atoms with van der Waals surface area (Å²) in [7, 11) is 0. The standard InChI is InChI=1S/C20H21BrN2O3/c1-12(2)18(23-19(25)16-9-4-5-10-17(16)21)20(26)22-15-8-6-7-14(11-15)13(3)24/h4-12,18H,1-3H3,(H,22,26)(H,23,25)/t18-/m0/s1. The lowest BCUT2D eigenvalue weighted by Gasteiger charge is -2.22. The number of hydrogen-bond acceptors (Lipinski definition) is 3. The molecule has 0 bridgehead atoms. The number of nitrogens with one attached hydrogen (secondary N) is 2. The fourth-order valence-electron chi connectivity index (χ4n) is 2.44. The Morgan fingerprint density at radius 3 is 2.31 bits per heavy atom. The van der Waals surface area contributed by atoms with Crippen LogP contribution in [-0.4, -0.2) is 23.6 Å². The van der Waals surface area contributed by atoms with E-state index in [4.69, 9.17) is 0 Å². The topological polar surface area (TPSA) is 75.3 Å². The van der Waals surface area contributed by atoms with Gasteiger partial charge < -0.3 is 10.6 Å². The number of ketones is 1. The predicted octanol–water partition coefficient (Wildman–Crippen LogP) is 4.04. The molecule has 0 unspecified atom stereocenters. The maximum atomic E-state index is 12.7. The molecule has 26 heavy (non-hydrogen) atoms. The third kappa shape index (κ3) is 5.02. The molecule has 0 radical (unpaired) electrons. The molecule has 0 saturated carbocycles. The third-order valence-electron chi connectivity index (χ3n) is 3.89. The lowest BCUT2D eigenvalue weighted by molar-refractivity contribution is -0.118. The van der Waals surface area contributed by atoms with Crippen molar-refractivity contribution in [1.29, 1.82) is 0 Å². The molecule has 2 aromatic rings. The van der Waals surface area contributed by atoms with Gasteiger partial charge in [-0.05, 0) is 53.0 Å². The van der Waals surface area contributed by atoms with Crippen LogP contribution in [0.3, 0.4) is 0 Å². The van der Waals surface area contributed by atoms with E-state index in [0.717, 1.165) is 0 Å². The summed E-state index contributed by atoms with van der Waals surface area (Å²) in [6.07, 6.45) is 0. The molecule has 0 spiro atoms. The summed E-state index contributed by atoms with van der Waals surface area (Å²) in [5, 5.41) is 5.56. The highest BCUT2D eigenvalue weighted by Gasteiger charge is 2.25. The van der Waals surface area contributed by atoms with Gasteiger partial charge in [0.1, 0.15) is 6.04 Å². The Kier molecular flexibility index (Phi) is 6.69. The van der Waals surface area contributed by atoms with E-state index < -0.39 is 6.04 Å². The number of benzene rings is 2. The Morgan fingerprint density at radius 1 is 1.00 bits per heavy atom. The molecule has 0 aliphatic heterocycles. The molecule has 2 rings (SSSR count). The quantitative estimate of drug-likeness (QED) is 0.697. The molecular formula is C20H21BrN2O3. The van der Waals surface area contributed by atoms with E-state index in [1.54, 1.807) is 42.5 Å². The van der Waals surface area contributed by atoms with E-state index in [2.05, 4.69) is 26.6 Å². The number of halogens is 1. The maximum Gasteiger partial charge on any atom is 0.253 e. The van der Waals surface area contributed by atoms with Gasteiger partial charge in [0.2, 0.25) is 5.91 Å². The highest BCUT2D eigenvalue weighted by Crippen LogP contribution is 2.17. The highest BCUT2D eigenvalue weighted by molar-refractivity contribution is 9.10. The van der Waals surface area contributed by atoms with Gasteiger partial charge in [-0.25, -0.2) is 0 Å². The van der Waals surface area contributed by atoms with Gasteiger partial charge in [-0.3, -0.25) is 14.4 Å². The number of amides is 2. The minimum Gasteiger partial charge on any atom is -0.340 e. The maximum absolute atomic E-state index is 12.7. The van der Waals surface area contributed by atoms with Crippen LogP contribution in [-0.2, 0) is 4.79 Å². The second-order valence-corrected chi connectivity index (χ2v) is 7.16. The van der Waals surface area contributed by atoms with Crippen molar-refractivity contribution in [3.63, 3.8) is 0 Å². The van der Waals surface area contributed by atoms with Crippen molar-refractivity contribution in [1.82, 2.24) is 5.32 Å². The van der Waals surface area contributed by atoms with Crippen LogP contribution in [0.5, 0.6) is 0 Å². The van der Waals surface area contributed by atoms with Crippen LogP contribution in [0.1, 0.15) is 41.5 Å². The van der Waals surface area contributed by atoms with Crippen LogP contribution in [0.15, 0.2) is 53.0 Å². The molecule has 0 saturated heterocycles. The van der Waals surface area contributed by atoms with E-state index in [0.29, 0.717) is 21.3 Å². The molecule has 136 valence electrons. The summed E-state index contributed by atoms with van der Waals surface area (Å²) in [6.45, 7) is 5.18. The molecule has 2 aromatic carbocycles. The zero-order valence-corrected chi connectivity index (χ0v) is 16.5. The SMILES string of the molecule is CC(=O)c1cccc(NC(=O)[C@@H](NC(=O)c2ccccc2Br)C(C)C)c1. The summed E-state index contributed by atoms with van der Waals surface area (Å²) in [6, 6.07) is 13.0. The van der Waals surface area contributed by atoms with Gasteiger partial charge in [0.15, 0.2) is 5.78 Å². The fourth-order valence-corrected chi connectivity index (χ4v) is 2.90. The van der Waals surface area contributed by atoms with Crippen molar-refractivity contribution in [2.24, 2.45) is 5.92 Å². The first kappa shape index (κ1) is 19.8. The van der Waals surface area contributed by atoms with Gasteiger partial charge in [0, 0.05) is 15.7 Å². The molecule has 1 atom stereocenters. The van der Waals surface area contributed by atoms with Crippen LogP contribution in [0.2, 0.25) is 0 Å². The van der Waals surface area contributed by atoms with Gasteiger partial charge in [0.25, 0.3) is 5.91 Å². The molecule has 0 heterocycles. The average molecular weight is 417 g/mol. The van der Waals surface area contributed by atoms with Gasteiger partial charge >= 0.3 is 0 Å². The Hall–Kier alpha value is -2.47. The Morgan fingerprint density at radius 2 is 1.69 bits per heavy atom. The van der Waals surface area contributed by atoms with Crippen LogP contribution < -0.4 is 10.6 Å².